The Morgan fingerprint density at radius 3 is 2.81 bits per heavy atom. The first kappa shape index (κ1) is 12.9. The van der Waals surface area contributed by atoms with Gasteiger partial charge < -0.3 is 15.8 Å². The first-order valence-electron chi connectivity index (χ1n) is 5.50. The van der Waals surface area contributed by atoms with Crippen molar-refractivity contribution in [3.63, 3.8) is 0 Å². The van der Waals surface area contributed by atoms with Gasteiger partial charge in [-0.1, -0.05) is 0 Å². The summed E-state index contributed by atoms with van der Waals surface area (Å²) in [6.45, 7) is 4.60. The van der Waals surface area contributed by atoms with Crippen LogP contribution in [-0.4, -0.2) is 36.7 Å². The highest BCUT2D eigenvalue weighted by Gasteiger charge is 2.26. The van der Waals surface area contributed by atoms with E-state index in [1.54, 1.807) is 6.92 Å². The Morgan fingerprint density at radius 2 is 2.25 bits per heavy atom. The van der Waals surface area contributed by atoms with Crippen molar-refractivity contribution >= 4 is 11.9 Å². The molecule has 0 radical (unpaired) electrons. The Hall–Kier alpha value is -1.14. The monoisotopic (exact) mass is 229 g/mol. The van der Waals surface area contributed by atoms with Crippen LogP contribution < -0.4 is 16.4 Å². The normalized spacial score (nSPS) is 27.1. The third-order valence-electron chi connectivity index (χ3n) is 2.68. The van der Waals surface area contributed by atoms with Crippen LogP contribution in [0.2, 0.25) is 0 Å². The summed E-state index contributed by atoms with van der Waals surface area (Å²) < 4.78 is 5.58. The first-order valence-corrected chi connectivity index (χ1v) is 5.50. The number of primary amides is 1. The second-order valence-electron chi connectivity index (χ2n) is 4.06. The Kier molecular flexibility index (Phi) is 4.70. The average molecular weight is 229 g/mol. The Balaban J connectivity index is 2.40. The lowest BCUT2D eigenvalue weighted by Crippen LogP contribution is -2.48. The zero-order valence-electron chi connectivity index (χ0n) is 9.66. The summed E-state index contributed by atoms with van der Waals surface area (Å²) in [7, 11) is 0. The van der Waals surface area contributed by atoms with Crippen LogP contribution in [0.25, 0.3) is 0 Å². The SMILES string of the molecule is CC(OC1CCCNC1C)C(=O)NC(N)=O. The number of nitrogens with two attached hydrogens (primary N) is 1. The Labute approximate surface area is 94.9 Å². The van der Waals surface area contributed by atoms with E-state index in [2.05, 4.69) is 5.32 Å². The number of urea groups is 1. The minimum atomic E-state index is -0.852. The van der Waals surface area contributed by atoms with Crippen molar-refractivity contribution in [1.29, 1.82) is 0 Å². The first-order chi connectivity index (χ1) is 7.50. The molecule has 1 aliphatic heterocycles. The third kappa shape index (κ3) is 3.79. The van der Waals surface area contributed by atoms with E-state index in [-0.39, 0.29) is 12.1 Å². The number of hydrogen-bond donors (Lipinski definition) is 3. The van der Waals surface area contributed by atoms with E-state index in [1.807, 2.05) is 12.2 Å². The number of carbonyl (C=O) groups excluding carboxylic acids is 2. The van der Waals surface area contributed by atoms with Crippen molar-refractivity contribution in [3.8, 4) is 0 Å². The molecule has 4 N–H and O–H groups in total. The number of imide groups is 1. The van der Waals surface area contributed by atoms with Crippen molar-refractivity contribution in [2.24, 2.45) is 5.73 Å². The molecule has 3 amide bonds. The predicted octanol–water partition coefficient (Wildman–Crippen LogP) is -0.273. The fourth-order valence-electron chi connectivity index (χ4n) is 1.75. The number of nitrogens with one attached hydrogen (secondary N) is 2. The summed E-state index contributed by atoms with van der Waals surface area (Å²) in [6.07, 6.45) is 1.28. The smallest absolute Gasteiger partial charge is 0.318 e. The molecule has 0 aromatic heterocycles. The van der Waals surface area contributed by atoms with Gasteiger partial charge in [0.2, 0.25) is 0 Å². The van der Waals surface area contributed by atoms with Crippen LogP contribution >= 0.6 is 0 Å². The summed E-state index contributed by atoms with van der Waals surface area (Å²) in [5.41, 5.74) is 4.85. The van der Waals surface area contributed by atoms with Crippen molar-refractivity contribution in [1.82, 2.24) is 10.6 Å². The second-order valence-corrected chi connectivity index (χ2v) is 4.06. The summed E-state index contributed by atoms with van der Waals surface area (Å²) in [4.78, 5) is 21.9. The number of hydrogen-bond acceptors (Lipinski definition) is 4. The van der Waals surface area contributed by atoms with Crippen LogP contribution in [0.3, 0.4) is 0 Å². The van der Waals surface area contributed by atoms with Crippen LogP contribution in [-0.2, 0) is 9.53 Å². The van der Waals surface area contributed by atoms with Crippen molar-refractivity contribution in [3.05, 3.63) is 0 Å². The van der Waals surface area contributed by atoms with Crippen molar-refractivity contribution in [2.75, 3.05) is 6.54 Å². The average Bonchev–Trinajstić information content (AvgIpc) is 2.20. The molecule has 0 aromatic carbocycles. The number of ether oxygens (including phenoxy) is 1. The zero-order chi connectivity index (χ0) is 12.1. The van der Waals surface area contributed by atoms with Gasteiger partial charge in [0.15, 0.2) is 0 Å². The molecule has 1 heterocycles. The molecule has 16 heavy (non-hydrogen) atoms. The maximum Gasteiger partial charge on any atom is 0.318 e. The van der Waals surface area contributed by atoms with Gasteiger partial charge in [-0.3, -0.25) is 10.1 Å². The summed E-state index contributed by atoms with van der Waals surface area (Å²) in [5, 5.41) is 5.27. The summed E-state index contributed by atoms with van der Waals surface area (Å²) >= 11 is 0. The molecule has 0 spiro atoms. The Morgan fingerprint density at radius 1 is 1.56 bits per heavy atom. The predicted molar refractivity (Wildman–Crippen MR) is 58.8 cm³/mol. The van der Waals surface area contributed by atoms with Gasteiger partial charge in [-0.2, -0.15) is 0 Å². The van der Waals surface area contributed by atoms with Gasteiger partial charge in [-0.05, 0) is 33.2 Å². The number of rotatable bonds is 3. The molecule has 0 aromatic rings. The van der Waals surface area contributed by atoms with E-state index in [4.69, 9.17) is 10.5 Å². The topological polar surface area (TPSA) is 93.4 Å². The molecule has 0 aliphatic carbocycles. The quantitative estimate of drug-likeness (QED) is 0.621. The molecule has 6 heteroatoms. The second kappa shape index (κ2) is 5.81. The van der Waals surface area contributed by atoms with Gasteiger partial charge in [0.05, 0.1) is 6.10 Å². The molecule has 1 fully saturated rings. The maximum atomic E-state index is 11.4. The molecule has 3 atom stereocenters. The maximum absolute atomic E-state index is 11.4. The van der Waals surface area contributed by atoms with Gasteiger partial charge in [0, 0.05) is 6.04 Å². The van der Waals surface area contributed by atoms with Crippen molar-refractivity contribution < 1.29 is 14.3 Å². The van der Waals surface area contributed by atoms with Gasteiger partial charge in [-0.25, -0.2) is 4.79 Å². The van der Waals surface area contributed by atoms with Crippen molar-refractivity contribution in [2.45, 2.75) is 44.9 Å². The van der Waals surface area contributed by atoms with Crippen LogP contribution in [0, 0.1) is 0 Å². The molecule has 6 nitrogen and oxygen atoms in total. The molecule has 92 valence electrons. The van der Waals surface area contributed by atoms with E-state index in [0.29, 0.717) is 0 Å². The van der Waals surface area contributed by atoms with E-state index in [1.165, 1.54) is 0 Å². The van der Waals surface area contributed by atoms with Gasteiger partial charge in [0.25, 0.3) is 5.91 Å². The molecule has 1 saturated heterocycles. The largest absolute Gasteiger partial charge is 0.364 e. The third-order valence-corrected chi connectivity index (χ3v) is 2.68. The highest BCUT2D eigenvalue weighted by Crippen LogP contribution is 2.14. The van der Waals surface area contributed by atoms with Gasteiger partial charge in [-0.15, -0.1) is 0 Å². The molecule has 1 aliphatic rings. The molecule has 3 unspecified atom stereocenters. The molecule has 0 bridgehead atoms. The fraction of sp³-hybridized carbons (Fsp3) is 0.800. The molecule has 1 rings (SSSR count). The van der Waals surface area contributed by atoms with Crippen LogP contribution in [0.15, 0.2) is 0 Å². The van der Waals surface area contributed by atoms with Gasteiger partial charge >= 0.3 is 6.03 Å². The highest BCUT2D eigenvalue weighted by atomic mass is 16.5. The van der Waals surface area contributed by atoms with E-state index in [0.717, 1.165) is 19.4 Å². The van der Waals surface area contributed by atoms with Crippen LogP contribution in [0.5, 0.6) is 0 Å². The summed E-state index contributed by atoms with van der Waals surface area (Å²) in [5.74, 6) is -0.495. The number of piperidine rings is 1. The lowest BCUT2D eigenvalue weighted by Gasteiger charge is -2.31. The van der Waals surface area contributed by atoms with Gasteiger partial charge in [0.1, 0.15) is 6.10 Å². The van der Waals surface area contributed by atoms with E-state index >= 15 is 0 Å². The van der Waals surface area contributed by atoms with Crippen LogP contribution in [0.4, 0.5) is 4.79 Å². The number of amides is 3. The van der Waals surface area contributed by atoms with E-state index in [9.17, 15) is 9.59 Å². The highest BCUT2D eigenvalue weighted by molar-refractivity contribution is 5.95. The lowest BCUT2D eigenvalue weighted by atomic mass is 10.0. The molecular weight excluding hydrogens is 210 g/mol. The fourth-order valence-corrected chi connectivity index (χ4v) is 1.75. The summed E-state index contributed by atoms with van der Waals surface area (Å²) in [6, 6.07) is -0.632. The number of carbonyl (C=O) groups is 2. The Bertz CT molecular complexity index is 270. The van der Waals surface area contributed by atoms with Crippen LogP contribution in [0.1, 0.15) is 26.7 Å². The minimum Gasteiger partial charge on any atom is -0.364 e. The van der Waals surface area contributed by atoms with E-state index < -0.39 is 18.0 Å². The zero-order valence-corrected chi connectivity index (χ0v) is 9.66. The minimum absolute atomic E-state index is 0.00220. The standard InChI is InChI=1S/C10H19N3O3/c1-6-8(4-3-5-12-6)16-7(2)9(14)13-10(11)15/h6-8,12H,3-5H2,1-2H3,(H3,11,13,14,15). The molecular formula is C10H19N3O3. The molecule has 0 saturated carbocycles. The lowest BCUT2D eigenvalue weighted by molar-refractivity contribution is -0.136.